The fourth-order valence-corrected chi connectivity index (χ4v) is 1.54. The SMILES string of the molecule is CC(=O)CC(CN)c1cc(F)cc(F)c1F. The molecule has 0 aliphatic heterocycles. The maximum atomic E-state index is 13.4. The van der Waals surface area contributed by atoms with E-state index in [9.17, 15) is 18.0 Å². The molecule has 0 aromatic heterocycles. The highest BCUT2D eigenvalue weighted by atomic mass is 19.2. The second-order valence-corrected chi connectivity index (χ2v) is 3.63. The van der Waals surface area contributed by atoms with Gasteiger partial charge < -0.3 is 10.5 Å². The van der Waals surface area contributed by atoms with Crippen LogP contribution in [0.4, 0.5) is 13.2 Å². The van der Waals surface area contributed by atoms with Crippen LogP contribution in [0.2, 0.25) is 0 Å². The normalized spacial score (nSPS) is 12.6. The van der Waals surface area contributed by atoms with Crippen LogP contribution in [-0.4, -0.2) is 12.3 Å². The Hall–Kier alpha value is -1.36. The predicted octanol–water partition coefficient (Wildman–Crippen LogP) is 2.13. The number of rotatable bonds is 4. The van der Waals surface area contributed by atoms with Crippen molar-refractivity contribution in [3.8, 4) is 0 Å². The van der Waals surface area contributed by atoms with Gasteiger partial charge in [-0.15, -0.1) is 0 Å². The summed E-state index contributed by atoms with van der Waals surface area (Å²) >= 11 is 0. The molecular formula is C11H12F3NO. The van der Waals surface area contributed by atoms with Crippen LogP contribution in [0.15, 0.2) is 12.1 Å². The molecule has 0 spiro atoms. The van der Waals surface area contributed by atoms with Gasteiger partial charge in [0.05, 0.1) is 0 Å². The van der Waals surface area contributed by atoms with Crippen LogP contribution in [0.1, 0.15) is 24.8 Å². The smallest absolute Gasteiger partial charge is 0.162 e. The first kappa shape index (κ1) is 12.7. The Kier molecular flexibility index (Phi) is 4.06. The topological polar surface area (TPSA) is 43.1 Å². The lowest BCUT2D eigenvalue weighted by Crippen LogP contribution is -2.17. The molecule has 1 atom stereocenters. The van der Waals surface area contributed by atoms with E-state index in [0.29, 0.717) is 6.07 Å². The Morgan fingerprint density at radius 1 is 1.38 bits per heavy atom. The average Bonchev–Trinajstić information content (AvgIpc) is 2.20. The number of ketones is 1. The molecule has 16 heavy (non-hydrogen) atoms. The maximum absolute atomic E-state index is 13.4. The molecule has 0 aliphatic carbocycles. The molecule has 88 valence electrons. The van der Waals surface area contributed by atoms with Crippen LogP contribution >= 0.6 is 0 Å². The van der Waals surface area contributed by atoms with Gasteiger partial charge in [-0.05, 0) is 25.1 Å². The Balaban J connectivity index is 3.13. The van der Waals surface area contributed by atoms with Crippen molar-refractivity contribution < 1.29 is 18.0 Å². The number of carbonyl (C=O) groups excluding carboxylic acids is 1. The van der Waals surface area contributed by atoms with Gasteiger partial charge in [0.2, 0.25) is 0 Å². The number of hydrogen-bond donors (Lipinski definition) is 1. The highest BCUT2D eigenvalue weighted by molar-refractivity contribution is 5.76. The van der Waals surface area contributed by atoms with Gasteiger partial charge in [0.25, 0.3) is 0 Å². The number of carbonyl (C=O) groups is 1. The molecule has 5 heteroatoms. The molecule has 2 N–H and O–H groups in total. The van der Waals surface area contributed by atoms with E-state index in [2.05, 4.69) is 0 Å². The van der Waals surface area contributed by atoms with E-state index >= 15 is 0 Å². The number of Topliss-reactive ketones (excluding diaryl/α,β-unsaturated/α-hetero) is 1. The fourth-order valence-electron chi connectivity index (χ4n) is 1.54. The van der Waals surface area contributed by atoms with Crippen molar-refractivity contribution in [2.45, 2.75) is 19.3 Å². The van der Waals surface area contributed by atoms with Crippen molar-refractivity contribution in [1.82, 2.24) is 0 Å². The van der Waals surface area contributed by atoms with E-state index in [4.69, 9.17) is 5.73 Å². The summed E-state index contributed by atoms with van der Waals surface area (Å²) in [5, 5.41) is 0. The zero-order chi connectivity index (χ0) is 12.3. The minimum atomic E-state index is -1.27. The summed E-state index contributed by atoms with van der Waals surface area (Å²) in [5.41, 5.74) is 5.17. The molecule has 0 radical (unpaired) electrons. The second kappa shape index (κ2) is 5.12. The minimum Gasteiger partial charge on any atom is -0.330 e. The number of halogens is 3. The third kappa shape index (κ3) is 2.82. The van der Waals surface area contributed by atoms with Gasteiger partial charge >= 0.3 is 0 Å². The summed E-state index contributed by atoms with van der Waals surface area (Å²) in [6, 6.07) is 1.33. The van der Waals surface area contributed by atoms with Crippen molar-refractivity contribution in [3.63, 3.8) is 0 Å². The standard InChI is InChI=1S/C11H12F3NO/c1-6(16)2-7(5-15)9-3-8(12)4-10(13)11(9)14/h3-4,7H,2,5,15H2,1H3. The lowest BCUT2D eigenvalue weighted by atomic mass is 9.93. The van der Waals surface area contributed by atoms with E-state index in [1.807, 2.05) is 0 Å². The van der Waals surface area contributed by atoms with Gasteiger partial charge in [-0.1, -0.05) is 0 Å². The summed E-state index contributed by atoms with van der Waals surface area (Å²) in [5.74, 6) is -4.19. The molecule has 0 amide bonds. The third-order valence-electron chi connectivity index (χ3n) is 2.28. The Morgan fingerprint density at radius 3 is 2.50 bits per heavy atom. The Labute approximate surface area is 91.3 Å². The summed E-state index contributed by atoms with van der Waals surface area (Å²) in [7, 11) is 0. The van der Waals surface area contributed by atoms with Crippen molar-refractivity contribution >= 4 is 5.78 Å². The zero-order valence-electron chi connectivity index (χ0n) is 8.77. The van der Waals surface area contributed by atoms with Gasteiger partial charge in [0, 0.05) is 18.4 Å². The average molecular weight is 231 g/mol. The number of benzene rings is 1. The Bertz CT molecular complexity index is 406. The van der Waals surface area contributed by atoms with Gasteiger partial charge in [-0.2, -0.15) is 0 Å². The van der Waals surface area contributed by atoms with Crippen LogP contribution in [-0.2, 0) is 4.79 Å². The Morgan fingerprint density at radius 2 is 2.00 bits per heavy atom. The third-order valence-corrected chi connectivity index (χ3v) is 2.28. The molecular weight excluding hydrogens is 219 g/mol. The highest BCUT2D eigenvalue weighted by Crippen LogP contribution is 2.24. The summed E-state index contributed by atoms with van der Waals surface area (Å²) < 4.78 is 39.2. The first-order valence-electron chi connectivity index (χ1n) is 4.79. The monoisotopic (exact) mass is 231 g/mol. The van der Waals surface area contributed by atoms with Gasteiger partial charge in [0.15, 0.2) is 11.6 Å². The number of hydrogen-bond acceptors (Lipinski definition) is 2. The van der Waals surface area contributed by atoms with Crippen molar-refractivity contribution in [2.24, 2.45) is 5.73 Å². The molecule has 0 aliphatic rings. The molecule has 1 rings (SSSR count). The summed E-state index contributed by atoms with van der Waals surface area (Å²) in [6.45, 7) is 1.27. The first-order chi connectivity index (χ1) is 7.45. The second-order valence-electron chi connectivity index (χ2n) is 3.63. The zero-order valence-corrected chi connectivity index (χ0v) is 8.77. The molecule has 0 saturated heterocycles. The van der Waals surface area contributed by atoms with Gasteiger partial charge in [0.1, 0.15) is 11.6 Å². The van der Waals surface area contributed by atoms with E-state index in [1.54, 1.807) is 0 Å². The molecule has 0 heterocycles. The summed E-state index contributed by atoms with van der Waals surface area (Å²) in [6.07, 6.45) is -0.0314. The van der Waals surface area contributed by atoms with E-state index in [0.717, 1.165) is 6.07 Å². The minimum absolute atomic E-state index is 0.0314. The van der Waals surface area contributed by atoms with Gasteiger partial charge in [-0.3, -0.25) is 0 Å². The van der Waals surface area contributed by atoms with E-state index in [1.165, 1.54) is 6.92 Å². The molecule has 2 nitrogen and oxygen atoms in total. The molecule has 0 bridgehead atoms. The van der Waals surface area contributed by atoms with Crippen LogP contribution in [0.25, 0.3) is 0 Å². The van der Waals surface area contributed by atoms with Crippen LogP contribution in [0.5, 0.6) is 0 Å². The molecule has 0 fully saturated rings. The van der Waals surface area contributed by atoms with Crippen molar-refractivity contribution in [2.75, 3.05) is 6.54 Å². The number of nitrogens with two attached hydrogens (primary N) is 1. The van der Waals surface area contributed by atoms with Crippen LogP contribution < -0.4 is 5.73 Å². The fraction of sp³-hybridized carbons (Fsp3) is 0.364. The lowest BCUT2D eigenvalue weighted by Gasteiger charge is -2.14. The molecule has 0 saturated carbocycles. The quantitative estimate of drug-likeness (QED) is 0.806. The maximum Gasteiger partial charge on any atom is 0.162 e. The largest absolute Gasteiger partial charge is 0.330 e. The molecule has 1 aromatic rings. The van der Waals surface area contributed by atoms with Crippen LogP contribution in [0.3, 0.4) is 0 Å². The highest BCUT2D eigenvalue weighted by Gasteiger charge is 2.20. The van der Waals surface area contributed by atoms with Gasteiger partial charge in [-0.25, -0.2) is 13.2 Å². The lowest BCUT2D eigenvalue weighted by molar-refractivity contribution is -0.117. The van der Waals surface area contributed by atoms with E-state index < -0.39 is 23.4 Å². The molecule has 1 unspecified atom stereocenters. The first-order valence-corrected chi connectivity index (χ1v) is 4.79. The van der Waals surface area contributed by atoms with Crippen molar-refractivity contribution in [3.05, 3.63) is 35.1 Å². The predicted molar refractivity (Wildman–Crippen MR) is 53.4 cm³/mol. The van der Waals surface area contributed by atoms with E-state index in [-0.39, 0.29) is 24.3 Å². The summed E-state index contributed by atoms with van der Waals surface area (Å²) in [4.78, 5) is 10.9. The van der Waals surface area contributed by atoms with Crippen LogP contribution in [0, 0.1) is 17.5 Å². The van der Waals surface area contributed by atoms with Crippen molar-refractivity contribution in [1.29, 1.82) is 0 Å². The molecule has 1 aromatic carbocycles.